The maximum absolute atomic E-state index is 11.8. The highest BCUT2D eigenvalue weighted by Gasteiger charge is 2.13. The molecule has 0 aliphatic carbocycles. The van der Waals surface area contributed by atoms with Crippen LogP contribution in [0.2, 0.25) is 0 Å². The van der Waals surface area contributed by atoms with Gasteiger partial charge in [0.2, 0.25) is 0 Å². The molecule has 0 aliphatic heterocycles. The Bertz CT molecular complexity index is 964. The van der Waals surface area contributed by atoms with E-state index in [1.807, 2.05) is 55.3 Å². The molecule has 0 N–H and O–H groups in total. The minimum Gasteiger partial charge on any atom is -0.493 e. The third kappa shape index (κ3) is 4.67. The van der Waals surface area contributed by atoms with Crippen molar-refractivity contribution in [2.24, 2.45) is 0 Å². The number of para-hydroxylation sites is 1. The first kappa shape index (κ1) is 20.0. The Morgan fingerprint density at radius 2 is 1.70 bits per heavy atom. The third-order valence-electron chi connectivity index (χ3n) is 3.91. The SMILES string of the molecule is CCC=O.COc1ccc(N(C)c2cc(=O)oc3ccccc23)cc1OC. The Morgan fingerprint density at radius 1 is 1.04 bits per heavy atom. The van der Waals surface area contributed by atoms with Gasteiger partial charge in [0.15, 0.2) is 11.5 Å². The molecule has 3 aromatic rings. The van der Waals surface area contributed by atoms with Crippen LogP contribution < -0.4 is 20.0 Å². The first-order chi connectivity index (χ1) is 13.0. The van der Waals surface area contributed by atoms with Crippen LogP contribution in [-0.2, 0) is 4.79 Å². The zero-order chi connectivity index (χ0) is 19.8. The highest BCUT2D eigenvalue weighted by atomic mass is 16.5. The second-order valence-electron chi connectivity index (χ2n) is 5.62. The van der Waals surface area contributed by atoms with E-state index in [1.165, 1.54) is 6.07 Å². The highest BCUT2D eigenvalue weighted by Crippen LogP contribution is 2.35. The molecule has 1 aromatic heterocycles. The number of rotatable bonds is 5. The molecular weight excluding hydrogens is 346 g/mol. The first-order valence-electron chi connectivity index (χ1n) is 8.48. The second kappa shape index (κ2) is 9.43. The van der Waals surface area contributed by atoms with Gasteiger partial charge in [-0.1, -0.05) is 19.1 Å². The smallest absolute Gasteiger partial charge is 0.338 e. The molecule has 0 atom stereocenters. The molecule has 6 nitrogen and oxygen atoms in total. The number of methoxy groups -OCH3 is 2. The van der Waals surface area contributed by atoms with Crippen molar-refractivity contribution < 1.29 is 18.7 Å². The lowest BCUT2D eigenvalue weighted by molar-refractivity contribution is -0.107. The second-order valence-corrected chi connectivity index (χ2v) is 5.62. The molecule has 0 saturated heterocycles. The summed E-state index contributed by atoms with van der Waals surface area (Å²) < 4.78 is 15.8. The standard InChI is InChI=1S/C18H17NO4.C3H6O/c1-19(12-8-9-16(21-2)17(10-12)22-3)14-11-18(20)23-15-7-5-4-6-13(14)15;1-2-3-4/h4-11H,1-3H3;3H,2H2,1H3. The first-order valence-corrected chi connectivity index (χ1v) is 8.48. The number of carbonyl (C=O) groups excluding carboxylic acids is 1. The van der Waals surface area contributed by atoms with Crippen molar-refractivity contribution in [2.75, 3.05) is 26.2 Å². The molecule has 2 aromatic carbocycles. The quantitative estimate of drug-likeness (QED) is 0.497. The molecule has 1 heterocycles. The average Bonchev–Trinajstić information content (AvgIpc) is 2.72. The molecule has 0 unspecified atom stereocenters. The number of carbonyl (C=O) groups is 1. The van der Waals surface area contributed by atoms with Crippen molar-refractivity contribution in [2.45, 2.75) is 13.3 Å². The van der Waals surface area contributed by atoms with Gasteiger partial charge in [0.1, 0.15) is 11.9 Å². The van der Waals surface area contributed by atoms with Gasteiger partial charge in [0.05, 0.1) is 19.9 Å². The maximum atomic E-state index is 11.8. The van der Waals surface area contributed by atoms with E-state index in [0.29, 0.717) is 23.5 Å². The van der Waals surface area contributed by atoms with E-state index in [-0.39, 0.29) is 5.63 Å². The van der Waals surface area contributed by atoms with E-state index >= 15 is 0 Å². The summed E-state index contributed by atoms with van der Waals surface area (Å²) in [5.74, 6) is 1.28. The Balaban J connectivity index is 0.000000596. The Labute approximate surface area is 157 Å². The summed E-state index contributed by atoms with van der Waals surface area (Å²) in [4.78, 5) is 22.9. The molecule has 142 valence electrons. The van der Waals surface area contributed by atoms with Crippen LogP contribution in [0.4, 0.5) is 11.4 Å². The lowest BCUT2D eigenvalue weighted by Crippen LogP contribution is -2.13. The van der Waals surface area contributed by atoms with Crippen LogP contribution in [0.3, 0.4) is 0 Å². The molecule has 27 heavy (non-hydrogen) atoms. The Morgan fingerprint density at radius 3 is 2.33 bits per heavy atom. The monoisotopic (exact) mass is 369 g/mol. The minimum absolute atomic E-state index is 0.383. The van der Waals surface area contributed by atoms with Crippen molar-refractivity contribution in [3.05, 3.63) is 59.0 Å². The molecule has 0 saturated carbocycles. The van der Waals surface area contributed by atoms with Crippen LogP contribution in [0.25, 0.3) is 11.0 Å². The number of fused-ring (bicyclic) bond motifs is 1. The van der Waals surface area contributed by atoms with Gasteiger partial charge in [-0.3, -0.25) is 0 Å². The topological polar surface area (TPSA) is 69.0 Å². The van der Waals surface area contributed by atoms with E-state index in [4.69, 9.17) is 13.9 Å². The summed E-state index contributed by atoms with van der Waals surface area (Å²) in [5.41, 5.74) is 1.82. The number of aldehydes is 1. The Kier molecular flexibility index (Phi) is 7.00. The largest absolute Gasteiger partial charge is 0.493 e. The zero-order valence-corrected chi connectivity index (χ0v) is 15.9. The lowest BCUT2D eigenvalue weighted by atomic mass is 10.1. The summed E-state index contributed by atoms with van der Waals surface area (Å²) in [7, 11) is 5.08. The van der Waals surface area contributed by atoms with Gasteiger partial charge in [-0.25, -0.2) is 4.79 Å². The van der Waals surface area contributed by atoms with Gasteiger partial charge in [-0.05, 0) is 24.3 Å². The van der Waals surface area contributed by atoms with Gasteiger partial charge < -0.3 is 23.6 Å². The maximum Gasteiger partial charge on any atom is 0.338 e. The fourth-order valence-electron chi connectivity index (χ4n) is 2.54. The summed E-state index contributed by atoms with van der Waals surface area (Å²) in [6.45, 7) is 1.81. The Hall–Kier alpha value is -3.28. The molecular formula is C21H23NO5. The third-order valence-corrected chi connectivity index (χ3v) is 3.91. The van der Waals surface area contributed by atoms with Crippen LogP contribution in [0.15, 0.2) is 57.7 Å². The van der Waals surface area contributed by atoms with Crippen LogP contribution in [0.1, 0.15) is 13.3 Å². The fourth-order valence-corrected chi connectivity index (χ4v) is 2.54. The van der Waals surface area contributed by atoms with Crippen molar-refractivity contribution in [3.63, 3.8) is 0 Å². The van der Waals surface area contributed by atoms with E-state index in [9.17, 15) is 9.59 Å². The van der Waals surface area contributed by atoms with Gasteiger partial charge in [-0.15, -0.1) is 0 Å². The molecule has 6 heteroatoms. The van der Waals surface area contributed by atoms with Crippen molar-refractivity contribution >= 4 is 28.6 Å². The molecule has 0 fully saturated rings. The van der Waals surface area contributed by atoms with Crippen molar-refractivity contribution in [1.82, 2.24) is 0 Å². The van der Waals surface area contributed by atoms with Crippen LogP contribution in [0, 0.1) is 0 Å². The molecule has 0 aliphatic rings. The predicted octanol–water partition coefficient (Wildman–Crippen LogP) is 4.17. The summed E-state index contributed by atoms with van der Waals surface area (Å²) in [6.07, 6.45) is 1.51. The van der Waals surface area contributed by atoms with Gasteiger partial charge >= 0.3 is 5.63 Å². The minimum atomic E-state index is -0.383. The molecule has 0 amide bonds. The van der Waals surface area contributed by atoms with E-state index in [2.05, 4.69) is 0 Å². The molecule has 0 spiro atoms. The van der Waals surface area contributed by atoms with E-state index in [1.54, 1.807) is 20.3 Å². The summed E-state index contributed by atoms with van der Waals surface area (Å²) in [6, 6.07) is 14.5. The molecule has 3 rings (SSSR count). The van der Waals surface area contributed by atoms with Crippen molar-refractivity contribution in [1.29, 1.82) is 0 Å². The summed E-state index contributed by atoms with van der Waals surface area (Å²) >= 11 is 0. The van der Waals surface area contributed by atoms with Crippen LogP contribution in [0.5, 0.6) is 11.5 Å². The highest BCUT2D eigenvalue weighted by molar-refractivity contribution is 5.92. The van der Waals surface area contributed by atoms with Crippen LogP contribution >= 0.6 is 0 Å². The number of nitrogens with zero attached hydrogens (tertiary/aromatic N) is 1. The number of anilines is 2. The van der Waals surface area contributed by atoms with E-state index in [0.717, 1.165) is 23.0 Å². The van der Waals surface area contributed by atoms with Gasteiger partial charge in [-0.2, -0.15) is 0 Å². The molecule has 0 radical (unpaired) electrons. The van der Waals surface area contributed by atoms with E-state index < -0.39 is 0 Å². The zero-order valence-electron chi connectivity index (χ0n) is 15.9. The van der Waals surface area contributed by atoms with Gasteiger partial charge in [0, 0.05) is 36.7 Å². The molecule has 0 bridgehead atoms. The van der Waals surface area contributed by atoms with Crippen molar-refractivity contribution in [3.8, 4) is 11.5 Å². The number of benzene rings is 2. The predicted molar refractivity (Wildman–Crippen MR) is 106 cm³/mol. The number of ether oxygens (including phenoxy) is 2. The fraction of sp³-hybridized carbons (Fsp3) is 0.238. The van der Waals surface area contributed by atoms with Crippen LogP contribution in [-0.4, -0.2) is 27.6 Å². The normalized spacial score (nSPS) is 9.93. The average molecular weight is 369 g/mol. The summed E-state index contributed by atoms with van der Waals surface area (Å²) in [5, 5.41) is 0.865. The van der Waals surface area contributed by atoms with Gasteiger partial charge in [0.25, 0.3) is 0 Å². The lowest BCUT2D eigenvalue weighted by Gasteiger charge is -2.21. The number of hydrogen-bond acceptors (Lipinski definition) is 6. The number of hydrogen-bond donors (Lipinski definition) is 0.